The smallest absolute Gasteiger partial charge is 0.126 e. The van der Waals surface area contributed by atoms with Crippen LogP contribution < -0.4 is 0 Å². The maximum Gasteiger partial charge on any atom is 0.126 e. The summed E-state index contributed by atoms with van der Waals surface area (Å²) in [6.45, 7) is 35.8. The number of aromatic nitrogens is 1. The van der Waals surface area contributed by atoms with E-state index in [1.807, 2.05) is 65.9 Å². The molecule has 50 heavy (non-hydrogen) atoms. The Kier molecular flexibility index (Phi) is 28.7. The van der Waals surface area contributed by atoms with E-state index >= 15 is 0 Å². The van der Waals surface area contributed by atoms with E-state index in [2.05, 4.69) is 108 Å². The molecule has 1 nitrogen and oxygen atoms in total. The first-order valence-corrected chi connectivity index (χ1v) is 18.3. The summed E-state index contributed by atoms with van der Waals surface area (Å²) in [5, 5.41) is 1.30. The Bertz CT molecular complexity index is 1500. The lowest BCUT2D eigenvalue weighted by atomic mass is 10.0. The van der Waals surface area contributed by atoms with Crippen LogP contribution in [0.3, 0.4) is 0 Å². The fourth-order valence-corrected chi connectivity index (χ4v) is 4.65. The summed E-state index contributed by atoms with van der Waals surface area (Å²) in [5.41, 5.74) is 10.5. The Balaban J connectivity index is 0. The van der Waals surface area contributed by atoms with Crippen molar-refractivity contribution in [2.75, 3.05) is 0 Å². The fraction of sp³-hybridized carbons (Fsp3) is 0.396. The van der Waals surface area contributed by atoms with Crippen molar-refractivity contribution in [1.82, 2.24) is 4.98 Å². The van der Waals surface area contributed by atoms with Gasteiger partial charge in [0.05, 0.1) is 5.52 Å². The van der Waals surface area contributed by atoms with Gasteiger partial charge in [-0.15, -0.1) is 6.58 Å². The van der Waals surface area contributed by atoms with E-state index in [1.165, 1.54) is 71.4 Å². The molecular weight excluding hydrogens is 610 g/mol. The summed E-state index contributed by atoms with van der Waals surface area (Å²) in [7, 11) is 0. The summed E-state index contributed by atoms with van der Waals surface area (Å²) in [6.07, 6.45) is 13.5. The van der Waals surface area contributed by atoms with Crippen LogP contribution in [0.4, 0.5) is 4.39 Å². The van der Waals surface area contributed by atoms with Gasteiger partial charge in [0, 0.05) is 11.6 Å². The van der Waals surface area contributed by atoms with Gasteiger partial charge >= 0.3 is 0 Å². The lowest BCUT2D eigenvalue weighted by Gasteiger charge is -2.05. The lowest BCUT2D eigenvalue weighted by molar-refractivity contribution is 0.480. The van der Waals surface area contributed by atoms with Crippen LogP contribution in [0.1, 0.15) is 122 Å². The van der Waals surface area contributed by atoms with Gasteiger partial charge in [0.25, 0.3) is 0 Å². The predicted octanol–water partition coefficient (Wildman–Crippen LogP) is 15.6. The highest BCUT2D eigenvalue weighted by atomic mass is 19.1. The molecule has 2 heteroatoms. The van der Waals surface area contributed by atoms with E-state index in [1.54, 1.807) is 19.1 Å². The predicted molar refractivity (Wildman–Crippen MR) is 227 cm³/mol. The number of hydrogen-bond donors (Lipinski definition) is 0. The Labute approximate surface area is 308 Å². The zero-order valence-electron chi connectivity index (χ0n) is 33.9. The minimum atomic E-state index is -0.124. The molecule has 4 rings (SSSR count). The molecule has 0 aliphatic heterocycles. The first-order valence-electron chi connectivity index (χ1n) is 18.3. The molecule has 0 saturated heterocycles. The molecule has 0 aliphatic carbocycles. The summed E-state index contributed by atoms with van der Waals surface area (Å²) in [4.78, 5) is 4.32. The minimum absolute atomic E-state index is 0.124. The van der Waals surface area contributed by atoms with Crippen molar-refractivity contribution in [3.63, 3.8) is 0 Å². The highest BCUT2D eigenvalue weighted by Gasteiger charge is 1.99. The van der Waals surface area contributed by atoms with Crippen LogP contribution in [-0.2, 0) is 6.42 Å². The summed E-state index contributed by atoms with van der Waals surface area (Å²) in [5.74, 6) is 0.839. The van der Waals surface area contributed by atoms with E-state index in [-0.39, 0.29) is 5.82 Å². The monoisotopic (exact) mass is 680 g/mol. The number of hydrogen-bond acceptors (Lipinski definition) is 1. The Morgan fingerprint density at radius 2 is 1.32 bits per heavy atom. The van der Waals surface area contributed by atoms with Crippen molar-refractivity contribution < 1.29 is 4.39 Å². The van der Waals surface area contributed by atoms with Gasteiger partial charge in [-0.3, -0.25) is 4.98 Å². The molecule has 274 valence electrons. The van der Waals surface area contributed by atoms with Crippen LogP contribution in [0.5, 0.6) is 0 Å². The van der Waals surface area contributed by atoms with Gasteiger partial charge in [-0.25, -0.2) is 4.39 Å². The second kappa shape index (κ2) is 29.8. The number of allylic oxidation sites excluding steroid dienone is 5. The highest BCUT2D eigenvalue weighted by Crippen LogP contribution is 2.17. The molecule has 3 aromatic carbocycles. The number of aryl methyl sites for hydroxylation is 4. The average Bonchev–Trinajstić information content (AvgIpc) is 3.05. The molecule has 0 unspecified atom stereocenters. The molecule has 0 N–H and O–H groups in total. The number of benzene rings is 3. The second-order valence-corrected chi connectivity index (χ2v) is 13.5. The van der Waals surface area contributed by atoms with Crippen LogP contribution >= 0.6 is 0 Å². The number of pyridine rings is 1. The maximum atomic E-state index is 12.5. The third-order valence-corrected chi connectivity index (χ3v) is 7.13. The maximum absolute atomic E-state index is 12.5. The zero-order chi connectivity index (χ0) is 38.5. The van der Waals surface area contributed by atoms with Gasteiger partial charge in [0.1, 0.15) is 5.82 Å². The van der Waals surface area contributed by atoms with E-state index in [9.17, 15) is 4.39 Å². The third kappa shape index (κ3) is 25.9. The summed E-state index contributed by atoms with van der Waals surface area (Å²) < 4.78 is 12.5. The zero-order valence-corrected chi connectivity index (χ0v) is 33.9. The van der Waals surface area contributed by atoms with E-state index in [4.69, 9.17) is 0 Å². The van der Waals surface area contributed by atoms with Crippen LogP contribution in [-0.4, -0.2) is 4.98 Å². The Hall–Kier alpha value is -4.04. The largest absolute Gasteiger partial charge is 0.256 e. The molecule has 0 bridgehead atoms. The molecule has 4 aromatic rings. The Morgan fingerprint density at radius 3 is 1.74 bits per heavy atom. The van der Waals surface area contributed by atoms with E-state index in [0.29, 0.717) is 0 Å². The van der Waals surface area contributed by atoms with E-state index < -0.39 is 0 Å². The highest BCUT2D eigenvalue weighted by molar-refractivity contribution is 5.81. The SMILES string of the molecule is C=C(C)C.C=C(C)c1ccc(C)cc1.C=CC=C(C)C.CCCC(C)CCC.CCCc1cccc2ncccc12.Cc1ccc(F)c(C)c1. The number of nitrogens with zero attached hydrogens (tertiary/aromatic N) is 1. The molecule has 0 amide bonds. The second-order valence-electron chi connectivity index (χ2n) is 13.5. The standard InChI is InChI=1S/C12H13N.C10H12.C8H9F.C8H18.C6H10.C4H8/c1-2-5-10-6-3-8-12-11(10)7-4-9-13-12;1-8(2)10-6-4-9(3)5-7-10;1-6-3-4-8(9)7(2)5-6;1-4-6-8(3)7-5-2;1-4-5-6(2)3;1-4(2)3/h3-4,6-9H,2,5H2,1H3;4-7H,1H2,2-3H3;3-5H,1-2H3;8H,4-7H2,1-3H3;4-5H,1H2,2-3H3;1H2,2-3H3. The lowest BCUT2D eigenvalue weighted by Crippen LogP contribution is -1.91. The molecular formula is C48H70FN. The van der Waals surface area contributed by atoms with Gasteiger partial charge < -0.3 is 0 Å². The first-order chi connectivity index (χ1) is 23.6. The van der Waals surface area contributed by atoms with Crippen LogP contribution in [0, 0.1) is 32.5 Å². The van der Waals surface area contributed by atoms with Gasteiger partial charge in [-0.2, -0.15) is 0 Å². The number of halogens is 1. The molecule has 0 aliphatic rings. The molecule has 0 radical (unpaired) electrons. The fourth-order valence-electron chi connectivity index (χ4n) is 4.65. The van der Waals surface area contributed by atoms with Crippen molar-refractivity contribution >= 4 is 16.5 Å². The van der Waals surface area contributed by atoms with Gasteiger partial charge in [-0.1, -0.05) is 168 Å². The van der Waals surface area contributed by atoms with Crippen molar-refractivity contribution in [2.45, 2.75) is 122 Å². The summed E-state index contributed by atoms with van der Waals surface area (Å²) in [6, 6.07) is 24.0. The minimum Gasteiger partial charge on any atom is -0.256 e. The molecule has 0 spiro atoms. The van der Waals surface area contributed by atoms with Gasteiger partial charge in [-0.05, 0) is 103 Å². The van der Waals surface area contributed by atoms with Gasteiger partial charge in [0.15, 0.2) is 0 Å². The quantitative estimate of drug-likeness (QED) is 0.133. The van der Waals surface area contributed by atoms with Crippen LogP contribution in [0.2, 0.25) is 0 Å². The molecule has 0 saturated carbocycles. The normalized spacial score (nSPS) is 9.40. The third-order valence-electron chi connectivity index (χ3n) is 7.13. The molecule has 1 aromatic heterocycles. The van der Waals surface area contributed by atoms with Crippen molar-refractivity contribution in [3.05, 3.63) is 156 Å². The van der Waals surface area contributed by atoms with Crippen molar-refractivity contribution in [2.24, 2.45) is 5.92 Å². The van der Waals surface area contributed by atoms with Crippen molar-refractivity contribution in [1.29, 1.82) is 0 Å². The first kappa shape index (κ1) is 48.1. The number of rotatable bonds is 8. The number of fused-ring (bicyclic) bond motifs is 1. The molecule has 0 atom stereocenters. The topological polar surface area (TPSA) is 12.9 Å². The van der Waals surface area contributed by atoms with Crippen molar-refractivity contribution in [3.8, 4) is 0 Å². The van der Waals surface area contributed by atoms with Crippen LogP contribution in [0.25, 0.3) is 16.5 Å². The van der Waals surface area contributed by atoms with Gasteiger partial charge in [0.2, 0.25) is 0 Å². The van der Waals surface area contributed by atoms with Crippen LogP contribution in [0.15, 0.2) is 122 Å². The Morgan fingerprint density at radius 1 is 0.760 bits per heavy atom. The van der Waals surface area contributed by atoms with E-state index in [0.717, 1.165) is 34.6 Å². The average molecular weight is 680 g/mol. The molecule has 1 heterocycles. The summed E-state index contributed by atoms with van der Waals surface area (Å²) >= 11 is 0. The molecule has 0 fully saturated rings.